The Balaban J connectivity index is 2.40. The van der Waals surface area contributed by atoms with Gasteiger partial charge in [-0.25, -0.2) is 8.42 Å². The van der Waals surface area contributed by atoms with E-state index in [2.05, 4.69) is 5.32 Å². The zero-order valence-corrected chi connectivity index (χ0v) is 18.6. The number of halogens is 1. The summed E-state index contributed by atoms with van der Waals surface area (Å²) in [6, 6.07) is 10.5. The van der Waals surface area contributed by atoms with E-state index in [4.69, 9.17) is 16.9 Å². The number of benzene rings is 2. The molecule has 0 unspecified atom stereocenters. The van der Waals surface area contributed by atoms with Gasteiger partial charge >= 0.3 is 5.97 Å². The summed E-state index contributed by atoms with van der Waals surface area (Å²) in [5.41, 5.74) is 0.0774. The maximum Gasteiger partial charge on any atom is 0.305 e. The zero-order valence-electron chi connectivity index (χ0n) is 17.1. The van der Waals surface area contributed by atoms with Gasteiger partial charge in [0.05, 0.1) is 28.0 Å². The van der Waals surface area contributed by atoms with Gasteiger partial charge in [0.25, 0.3) is 5.69 Å². The van der Waals surface area contributed by atoms with Crippen LogP contribution in [-0.2, 0) is 14.8 Å². The molecule has 0 saturated carbocycles. The summed E-state index contributed by atoms with van der Waals surface area (Å²) in [5, 5.41) is 32.7. The largest absolute Gasteiger partial charge is 0.481 e. The first-order chi connectivity index (χ1) is 15.1. The Morgan fingerprint density at radius 3 is 2.59 bits per heavy atom. The Kier molecular flexibility index (Phi) is 8.54. The topological polar surface area (TPSA) is 154 Å². The number of nitro groups is 1. The van der Waals surface area contributed by atoms with E-state index in [1.165, 1.54) is 30.3 Å². The first-order valence-corrected chi connectivity index (χ1v) is 11.3. The number of rotatable bonds is 11. The maximum atomic E-state index is 13.2. The fraction of sp³-hybridized carbons (Fsp3) is 0.300. The molecule has 2 rings (SSSR count). The van der Waals surface area contributed by atoms with Crippen LogP contribution in [0.5, 0.6) is 0 Å². The number of nitrogens with zero attached hydrogens (tertiary/aromatic N) is 3. The highest BCUT2D eigenvalue weighted by atomic mass is 35.5. The molecular weight excluding hydrogens is 460 g/mol. The van der Waals surface area contributed by atoms with E-state index < -0.39 is 44.0 Å². The van der Waals surface area contributed by atoms with Gasteiger partial charge in [-0.15, -0.1) is 0 Å². The van der Waals surface area contributed by atoms with Crippen LogP contribution in [0.25, 0.3) is 0 Å². The first-order valence-electron chi connectivity index (χ1n) is 9.51. The van der Waals surface area contributed by atoms with Crippen LogP contribution in [0, 0.1) is 21.4 Å². The third-order valence-corrected chi connectivity index (χ3v) is 6.68. The summed E-state index contributed by atoms with van der Waals surface area (Å²) >= 11 is 6.02. The van der Waals surface area contributed by atoms with Crippen LogP contribution < -0.4 is 5.32 Å². The van der Waals surface area contributed by atoms with Crippen LogP contribution >= 0.6 is 11.6 Å². The second kappa shape index (κ2) is 10.9. The van der Waals surface area contributed by atoms with E-state index in [0.717, 1.165) is 16.4 Å². The number of anilines is 1. The van der Waals surface area contributed by atoms with Gasteiger partial charge in [-0.1, -0.05) is 30.7 Å². The van der Waals surface area contributed by atoms with Crippen molar-refractivity contribution >= 4 is 39.0 Å². The molecule has 0 aliphatic heterocycles. The van der Waals surface area contributed by atoms with Gasteiger partial charge in [0, 0.05) is 24.8 Å². The second-order valence-electron chi connectivity index (χ2n) is 6.83. The van der Waals surface area contributed by atoms with Crippen molar-refractivity contribution in [1.29, 1.82) is 5.26 Å². The number of carbonyl (C=O) groups is 1. The highest BCUT2D eigenvalue weighted by Crippen LogP contribution is 2.27. The quantitative estimate of drug-likeness (QED) is 0.366. The molecule has 10 nitrogen and oxygen atoms in total. The Hall–Kier alpha value is -3.20. The number of nitro benzene ring substituents is 1. The number of nitriles is 1. The Labute approximate surface area is 190 Å². The van der Waals surface area contributed by atoms with Crippen LogP contribution in [0.2, 0.25) is 5.02 Å². The number of carboxylic acid groups (broad SMARTS) is 1. The number of carboxylic acids is 1. The summed E-state index contributed by atoms with van der Waals surface area (Å²) in [7, 11) is -4.29. The van der Waals surface area contributed by atoms with Crippen molar-refractivity contribution in [3.05, 3.63) is 63.2 Å². The third kappa shape index (κ3) is 6.16. The van der Waals surface area contributed by atoms with Crippen molar-refractivity contribution in [3.8, 4) is 6.07 Å². The molecule has 0 aromatic heterocycles. The predicted octanol–water partition coefficient (Wildman–Crippen LogP) is 3.48. The highest BCUT2D eigenvalue weighted by molar-refractivity contribution is 7.89. The number of aliphatic carboxylic acids is 1. The zero-order chi connectivity index (χ0) is 23.9. The van der Waals surface area contributed by atoms with Crippen molar-refractivity contribution in [2.24, 2.45) is 0 Å². The van der Waals surface area contributed by atoms with E-state index >= 15 is 0 Å². The molecule has 2 aromatic rings. The lowest BCUT2D eigenvalue weighted by molar-refractivity contribution is -0.387. The van der Waals surface area contributed by atoms with Crippen LogP contribution in [0.4, 0.5) is 11.4 Å². The third-order valence-electron chi connectivity index (χ3n) is 4.46. The molecule has 1 atom stereocenters. The minimum atomic E-state index is -4.29. The molecule has 0 fully saturated rings. The highest BCUT2D eigenvalue weighted by Gasteiger charge is 2.33. The van der Waals surface area contributed by atoms with Crippen molar-refractivity contribution in [1.82, 2.24) is 4.31 Å². The number of para-hydroxylation sites is 1. The average Bonchev–Trinajstić information content (AvgIpc) is 2.73. The van der Waals surface area contributed by atoms with Gasteiger partial charge in [0.15, 0.2) is 4.90 Å². The average molecular weight is 481 g/mol. The van der Waals surface area contributed by atoms with Crippen molar-refractivity contribution in [2.45, 2.75) is 30.7 Å². The van der Waals surface area contributed by atoms with Crippen LogP contribution in [0.3, 0.4) is 0 Å². The lowest BCUT2D eigenvalue weighted by atomic mass is 10.1. The van der Waals surface area contributed by atoms with Gasteiger partial charge < -0.3 is 10.4 Å². The number of hydrogen-bond acceptors (Lipinski definition) is 7. The fourth-order valence-electron chi connectivity index (χ4n) is 3.07. The van der Waals surface area contributed by atoms with E-state index in [1.807, 2.05) is 6.07 Å². The maximum absolute atomic E-state index is 13.2. The van der Waals surface area contributed by atoms with E-state index in [-0.39, 0.29) is 23.7 Å². The van der Waals surface area contributed by atoms with Gasteiger partial charge in [-0.3, -0.25) is 14.9 Å². The lowest BCUT2D eigenvalue weighted by Crippen LogP contribution is -2.42. The Morgan fingerprint density at radius 1 is 1.34 bits per heavy atom. The minimum Gasteiger partial charge on any atom is -0.481 e. The molecule has 0 aliphatic carbocycles. The number of hydrogen-bond donors (Lipinski definition) is 2. The fourth-order valence-corrected chi connectivity index (χ4v) is 5.03. The summed E-state index contributed by atoms with van der Waals surface area (Å²) in [5.74, 6) is -1.17. The summed E-state index contributed by atoms with van der Waals surface area (Å²) in [4.78, 5) is 21.5. The van der Waals surface area contributed by atoms with Crippen molar-refractivity contribution in [3.63, 3.8) is 0 Å². The van der Waals surface area contributed by atoms with E-state index in [0.29, 0.717) is 12.1 Å². The molecule has 0 radical (unpaired) electrons. The monoisotopic (exact) mass is 480 g/mol. The number of nitrogens with one attached hydrogen (secondary N) is 1. The summed E-state index contributed by atoms with van der Waals surface area (Å²) in [6.45, 7) is 1.51. The molecule has 0 bridgehead atoms. The van der Waals surface area contributed by atoms with Crippen molar-refractivity contribution < 1.29 is 23.2 Å². The van der Waals surface area contributed by atoms with Gasteiger partial charge in [0.2, 0.25) is 10.0 Å². The first kappa shape index (κ1) is 25.1. The smallest absolute Gasteiger partial charge is 0.305 e. The van der Waals surface area contributed by atoms with E-state index in [9.17, 15) is 28.4 Å². The van der Waals surface area contributed by atoms with Gasteiger partial charge in [-0.2, -0.15) is 9.57 Å². The molecule has 0 aliphatic rings. The standard InChI is InChI=1S/C20H21ClN4O6S/c1-2-9-24(32(30,31)19-6-4-3-5-18(19)25(28)29)13-16(11-20(26)27)23-15-8-7-14(12-22)17(21)10-15/h3-8,10,16,23H,2,9,11,13H2,1H3,(H,26,27)/t16-/m0/s1. The van der Waals surface area contributed by atoms with Gasteiger partial charge in [-0.05, 0) is 30.7 Å². The van der Waals surface area contributed by atoms with Crippen molar-refractivity contribution in [2.75, 3.05) is 18.4 Å². The van der Waals surface area contributed by atoms with Crippen LogP contribution in [0.15, 0.2) is 47.4 Å². The molecule has 32 heavy (non-hydrogen) atoms. The van der Waals surface area contributed by atoms with Gasteiger partial charge in [0.1, 0.15) is 6.07 Å². The molecular formula is C20H21ClN4O6S. The summed E-state index contributed by atoms with van der Waals surface area (Å²) < 4.78 is 27.5. The SMILES string of the molecule is CCCN(C[C@H](CC(=O)O)Nc1ccc(C#N)c(Cl)c1)S(=O)(=O)c1ccccc1[N+](=O)[O-]. The Bertz CT molecular complexity index is 1150. The summed E-state index contributed by atoms with van der Waals surface area (Å²) in [6.07, 6.45) is -0.0212. The second-order valence-corrected chi connectivity index (χ2v) is 9.15. The molecule has 2 aromatic carbocycles. The number of sulfonamides is 1. The molecule has 170 valence electrons. The predicted molar refractivity (Wildman–Crippen MR) is 118 cm³/mol. The molecule has 0 spiro atoms. The van der Waals surface area contributed by atoms with Crippen LogP contribution in [-0.4, -0.2) is 47.9 Å². The minimum absolute atomic E-state index is 0.0281. The van der Waals surface area contributed by atoms with E-state index in [1.54, 1.807) is 6.92 Å². The molecule has 0 amide bonds. The molecule has 0 heterocycles. The molecule has 0 saturated heterocycles. The molecule has 12 heteroatoms. The normalized spacial score (nSPS) is 12.2. The molecule has 2 N–H and O–H groups in total. The van der Waals surface area contributed by atoms with Crippen LogP contribution in [0.1, 0.15) is 25.3 Å². The lowest BCUT2D eigenvalue weighted by Gasteiger charge is -2.27. The Morgan fingerprint density at radius 2 is 2.03 bits per heavy atom.